The number of esters is 1. The van der Waals surface area contributed by atoms with Gasteiger partial charge in [0.05, 0.1) is 7.11 Å². The lowest BCUT2D eigenvalue weighted by Gasteiger charge is -2.38. The minimum absolute atomic E-state index is 0.206. The molecule has 26 heavy (non-hydrogen) atoms. The average Bonchev–Trinajstić information content (AvgIpc) is 2.68. The maximum atomic E-state index is 11.2. The number of carbonyl (C=O) groups is 1. The number of ether oxygens (including phenoxy) is 2. The topological polar surface area (TPSA) is 35.5 Å². The van der Waals surface area contributed by atoms with Crippen molar-refractivity contribution in [2.45, 2.75) is 25.7 Å². The molecule has 2 atom stereocenters. The highest BCUT2D eigenvalue weighted by Gasteiger charge is 2.36. The van der Waals surface area contributed by atoms with Crippen molar-refractivity contribution in [1.82, 2.24) is 0 Å². The van der Waals surface area contributed by atoms with Crippen molar-refractivity contribution < 1.29 is 14.3 Å². The molecule has 2 unspecified atom stereocenters. The van der Waals surface area contributed by atoms with Gasteiger partial charge in [-0.2, -0.15) is 0 Å². The minimum atomic E-state index is -0.309. The van der Waals surface area contributed by atoms with Crippen LogP contribution in [0.25, 0.3) is 0 Å². The zero-order valence-corrected chi connectivity index (χ0v) is 15.4. The fraction of sp³-hybridized carbons (Fsp3) is 0.261. The summed E-state index contributed by atoms with van der Waals surface area (Å²) >= 11 is 0. The molecule has 0 aliphatic heterocycles. The second-order valence-electron chi connectivity index (χ2n) is 6.70. The van der Waals surface area contributed by atoms with E-state index < -0.39 is 0 Å². The Morgan fingerprint density at radius 1 is 0.962 bits per heavy atom. The lowest BCUT2D eigenvalue weighted by atomic mass is 9.65. The standard InChI is InChI=1S/C23H24O3/c1-17(24)26-22-15-11-20(12-16-22)23(2,18-7-5-4-6-8-18)19-9-13-21(25-3)14-10-19/h4-7,9-16,18H,8H2,1-3H3. The van der Waals surface area contributed by atoms with Crippen LogP contribution in [0.5, 0.6) is 11.5 Å². The molecule has 3 heteroatoms. The molecule has 0 heterocycles. The van der Waals surface area contributed by atoms with E-state index in [9.17, 15) is 4.79 Å². The second-order valence-corrected chi connectivity index (χ2v) is 6.70. The Labute approximate surface area is 155 Å². The number of methoxy groups -OCH3 is 1. The molecule has 0 amide bonds. The van der Waals surface area contributed by atoms with Crippen LogP contribution in [0.2, 0.25) is 0 Å². The predicted molar refractivity (Wildman–Crippen MR) is 104 cm³/mol. The van der Waals surface area contributed by atoms with Gasteiger partial charge < -0.3 is 9.47 Å². The van der Waals surface area contributed by atoms with E-state index in [1.807, 2.05) is 24.3 Å². The first-order chi connectivity index (χ1) is 12.5. The van der Waals surface area contributed by atoms with Crippen LogP contribution in [-0.4, -0.2) is 13.1 Å². The van der Waals surface area contributed by atoms with Gasteiger partial charge in [-0.1, -0.05) is 55.5 Å². The van der Waals surface area contributed by atoms with Gasteiger partial charge in [-0.25, -0.2) is 0 Å². The maximum Gasteiger partial charge on any atom is 0.308 e. The molecular weight excluding hydrogens is 324 g/mol. The van der Waals surface area contributed by atoms with Crippen molar-refractivity contribution in [2.24, 2.45) is 5.92 Å². The smallest absolute Gasteiger partial charge is 0.308 e. The minimum Gasteiger partial charge on any atom is -0.497 e. The van der Waals surface area contributed by atoms with Gasteiger partial charge in [0, 0.05) is 12.3 Å². The molecule has 0 saturated carbocycles. The first kappa shape index (κ1) is 18.0. The summed E-state index contributed by atoms with van der Waals surface area (Å²) in [6.07, 6.45) is 9.66. The molecule has 0 saturated heterocycles. The van der Waals surface area contributed by atoms with Gasteiger partial charge >= 0.3 is 5.97 Å². The molecule has 0 fully saturated rings. The second kappa shape index (κ2) is 7.61. The Balaban J connectivity index is 2.03. The van der Waals surface area contributed by atoms with Crippen LogP contribution in [0, 0.1) is 5.92 Å². The van der Waals surface area contributed by atoms with Gasteiger partial charge in [0.2, 0.25) is 0 Å². The van der Waals surface area contributed by atoms with Gasteiger partial charge in [0.1, 0.15) is 11.5 Å². The van der Waals surface area contributed by atoms with Gasteiger partial charge in [0.25, 0.3) is 0 Å². The van der Waals surface area contributed by atoms with E-state index in [1.165, 1.54) is 18.1 Å². The van der Waals surface area contributed by atoms with Crippen LogP contribution < -0.4 is 9.47 Å². The Morgan fingerprint density at radius 3 is 2.00 bits per heavy atom. The van der Waals surface area contributed by atoms with Crippen LogP contribution in [0.1, 0.15) is 31.4 Å². The average molecular weight is 348 g/mol. The van der Waals surface area contributed by atoms with E-state index in [-0.39, 0.29) is 11.4 Å². The first-order valence-electron chi connectivity index (χ1n) is 8.81. The molecule has 2 aromatic rings. The number of carbonyl (C=O) groups excluding carboxylic acids is 1. The van der Waals surface area contributed by atoms with Crippen molar-refractivity contribution in [3.05, 3.63) is 84.0 Å². The molecule has 3 rings (SSSR count). The number of allylic oxidation sites excluding steroid dienone is 4. The molecule has 134 valence electrons. The molecular formula is C23H24O3. The summed E-state index contributed by atoms with van der Waals surface area (Å²) in [5.41, 5.74) is 2.20. The highest BCUT2D eigenvalue weighted by molar-refractivity contribution is 5.69. The molecule has 1 aliphatic rings. The highest BCUT2D eigenvalue weighted by atomic mass is 16.5. The zero-order chi connectivity index (χ0) is 18.6. The van der Waals surface area contributed by atoms with Crippen molar-refractivity contribution in [1.29, 1.82) is 0 Å². The van der Waals surface area contributed by atoms with Crippen molar-refractivity contribution in [2.75, 3.05) is 7.11 Å². The summed E-state index contributed by atoms with van der Waals surface area (Å²) in [6, 6.07) is 16.1. The Hall–Kier alpha value is -2.81. The fourth-order valence-electron chi connectivity index (χ4n) is 3.58. The quantitative estimate of drug-likeness (QED) is 0.560. The number of hydrogen-bond acceptors (Lipinski definition) is 3. The van der Waals surface area contributed by atoms with E-state index in [0.29, 0.717) is 11.7 Å². The summed E-state index contributed by atoms with van der Waals surface area (Å²) in [4.78, 5) is 11.2. The predicted octanol–water partition coefficient (Wildman–Crippen LogP) is 5.06. The Morgan fingerprint density at radius 2 is 1.54 bits per heavy atom. The fourth-order valence-corrected chi connectivity index (χ4v) is 3.58. The Kier molecular flexibility index (Phi) is 5.27. The third-order valence-corrected chi connectivity index (χ3v) is 5.13. The number of benzene rings is 2. The summed E-state index contributed by atoms with van der Waals surface area (Å²) in [5, 5.41) is 0. The third kappa shape index (κ3) is 3.57. The summed E-state index contributed by atoms with van der Waals surface area (Å²) < 4.78 is 10.5. The molecule has 0 radical (unpaired) electrons. The summed E-state index contributed by atoms with van der Waals surface area (Å²) in [6.45, 7) is 3.68. The van der Waals surface area contributed by atoms with Crippen LogP contribution >= 0.6 is 0 Å². The normalized spacial score (nSPS) is 18.2. The van der Waals surface area contributed by atoms with E-state index in [4.69, 9.17) is 9.47 Å². The highest BCUT2D eigenvalue weighted by Crippen LogP contribution is 2.43. The van der Waals surface area contributed by atoms with Crippen molar-refractivity contribution in [3.63, 3.8) is 0 Å². The van der Waals surface area contributed by atoms with Gasteiger partial charge in [-0.3, -0.25) is 4.79 Å². The van der Waals surface area contributed by atoms with Gasteiger partial charge in [-0.05, 0) is 47.7 Å². The number of hydrogen-bond donors (Lipinski definition) is 0. The van der Waals surface area contributed by atoms with Gasteiger partial charge in [-0.15, -0.1) is 0 Å². The maximum absolute atomic E-state index is 11.2. The summed E-state index contributed by atoms with van der Waals surface area (Å²) in [7, 11) is 1.68. The van der Waals surface area contributed by atoms with Crippen LogP contribution in [0.4, 0.5) is 0 Å². The van der Waals surface area contributed by atoms with E-state index >= 15 is 0 Å². The largest absolute Gasteiger partial charge is 0.497 e. The molecule has 2 aromatic carbocycles. The van der Waals surface area contributed by atoms with Crippen molar-refractivity contribution >= 4 is 5.97 Å². The monoisotopic (exact) mass is 348 g/mol. The SMILES string of the molecule is COc1ccc(C(C)(c2ccc(OC(C)=O)cc2)C2C=CC=CC2)cc1. The Bertz CT molecular complexity index is 816. The van der Waals surface area contributed by atoms with Crippen molar-refractivity contribution in [3.8, 4) is 11.5 Å². The summed E-state index contributed by atoms with van der Waals surface area (Å²) in [5.74, 6) is 1.44. The van der Waals surface area contributed by atoms with Crippen LogP contribution in [-0.2, 0) is 10.2 Å². The number of rotatable bonds is 5. The molecule has 3 nitrogen and oxygen atoms in total. The first-order valence-corrected chi connectivity index (χ1v) is 8.81. The van der Waals surface area contributed by atoms with Gasteiger partial charge in [0.15, 0.2) is 0 Å². The van der Waals surface area contributed by atoms with E-state index in [0.717, 1.165) is 12.2 Å². The van der Waals surface area contributed by atoms with E-state index in [2.05, 4.69) is 55.5 Å². The lowest BCUT2D eigenvalue weighted by Crippen LogP contribution is -2.32. The molecule has 0 N–H and O–H groups in total. The van der Waals surface area contributed by atoms with Crippen LogP contribution in [0.3, 0.4) is 0 Å². The lowest BCUT2D eigenvalue weighted by molar-refractivity contribution is -0.131. The molecule has 1 aliphatic carbocycles. The zero-order valence-electron chi connectivity index (χ0n) is 15.4. The third-order valence-electron chi connectivity index (χ3n) is 5.13. The van der Waals surface area contributed by atoms with E-state index in [1.54, 1.807) is 7.11 Å². The molecule has 0 spiro atoms. The molecule has 0 aromatic heterocycles. The van der Waals surface area contributed by atoms with Crippen LogP contribution in [0.15, 0.2) is 72.8 Å². The molecule has 0 bridgehead atoms.